The number of rotatable bonds is 6. The lowest BCUT2D eigenvalue weighted by Crippen LogP contribution is -2.68. The molecule has 1 aromatic carbocycles. The van der Waals surface area contributed by atoms with Gasteiger partial charge in [0.1, 0.15) is 18.9 Å². The van der Waals surface area contributed by atoms with Crippen LogP contribution in [0.25, 0.3) is 0 Å². The van der Waals surface area contributed by atoms with Gasteiger partial charge in [0.15, 0.2) is 5.54 Å². The van der Waals surface area contributed by atoms with E-state index >= 15 is 0 Å². The molecule has 0 radical (unpaired) electrons. The molecule has 0 spiro atoms. The number of hydrogen-bond donors (Lipinski definition) is 3. The Morgan fingerprint density at radius 2 is 1.90 bits per heavy atom. The highest BCUT2D eigenvalue weighted by molar-refractivity contribution is 5.90. The fraction of sp³-hybridized carbons (Fsp3) is 0.409. The summed E-state index contributed by atoms with van der Waals surface area (Å²) in [6, 6.07) is 13.3. The smallest absolute Gasteiger partial charge is 0.334 e. The number of nitrogens with two attached hydrogens (primary N) is 2. The summed E-state index contributed by atoms with van der Waals surface area (Å²) in [6.07, 6.45) is 2.53. The first kappa shape index (κ1) is 24.9. The molecule has 1 saturated carbocycles. The number of pyridine rings is 1. The first-order chi connectivity index (χ1) is 13.9. The number of para-hydroxylation sites is 1. The molecule has 1 unspecified atom stereocenters. The first-order valence-electron chi connectivity index (χ1n) is 10.1. The van der Waals surface area contributed by atoms with Gasteiger partial charge >= 0.3 is 5.91 Å². The van der Waals surface area contributed by atoms with Crippen molar-refractivity contribution in [3.8, 4) is 0 Å². The van der Waals surface area contributed by atoms with Crippen LogP contribution in [0.1, 0.15) is 30.5 Å². The van der Waals surface area contributed by atoms with Crippen molar-refractivity contribution in [3.63, 3.8) is 0 Å². The predicted octanol–water partition coefficient (Wildman–Crippen LogP) is 2.81. The third-order valence-electron chi connectivity index (χ3n) is 6.71. The van der Waals surface area contributed by atoms with Crippen molar-refractivity contribution in [1.82, 2.24) is 4.98 Å². The molecule has 2 heterocycles. The number of nitrogens with zero attached hydrogens (tertiary/aromatic N) is 2. The number of carbonyl (C=O) groups is 2. The van der Waals surface area contributed by atoms with Crippen molar-refractivity contribution >= 4 is 48.1 Å². The number of piperidine rings is 1. The molecular weight excluding hydrogens is 437 g/mol. The van der Waals surface area contributed by atoms with Crippen LogP contribution in [0.5, 0.6) is 0 Å². The Morgan fingerprint density at radius 1 is 1.19 bits per heavy atom. The van der Waals surface area contributed by atoms with Gasteiger partial charge in [0.25, 0.3) is 5.91 Å². The topological polar surface area (TPSA) is 111 Å². The van der Waals surface area contributed by atoms with Crippen LogP contribution in [0.4, 0.5) is 11.5 Å². The highest BCUT2D eigenvalue weighted by Gasteiger charge is 2.76. The second kappa shape index (κ2) is 9.42. The van der Waals surface area contributed by atoms with Crippen LogP contribution in [0.2, 0.25) is 0 Å². The number of carbonyl (C=O) groups excluding carboxylic acids is 2. The maximum absolute atomic E-state index is 13.7. The van der Waals surface area contributed by atoms with Gasteiger partial charge < -0.3 is 16.8 Å². The van der Waals surface area contributed by atoms with E-state index in [0.29, 0.717) is 25.3 Å². The average molecular weight is 467 g/mol. The Hall–Kier alpha value is -2.35. The molecule has 1 aliphatic carbocycles. The van der Waals surface area contributed by atoms with Crippen molar-refractivity contribution in [1.29, 1.82) is 0 Å². The monoisotopic (exact) mass is 466 g/mol. The summed E-state index contributed by atoms with van der Waals surface area (Å²) in [7, 11) is 0. The summed E-state index contributed by atoms with van der Waals surface area (Å²) in [6.45, 7) is 3.06. The number of likely N-dealkylation sites (tertiary alicyclic amines) is 1. The highest BCUT2D eigenvalue weighted by atomic mass is 35.5. The van der Waals surface area contributed by atoms with E-state index in [1.54, 1.807) is 6.07 Å². The number of halogens is 2. The number of nitrogen functional groups attached to an aromatic ring is 1. The summed E-state index contributed by atoms with van der Waals surface area (Å²) < 4.78 is 0.0687. The Bertz CT molecular complexity index is 958. The molecule has 2 amide bonds. The van der Waals surface area contributed by atoms with Crippen LogP contribution in [0, 0.1) is 12.8 Å². The molecule has 2 aliphatic rings. The quantitative estimate of drug-likeness (QED) is 0.566. The number of amides is 2. The number of nitrogens with one attached hydrogen (secondary N) is 1. The van der Waals surface area contributed by atoms with E-state index in [-0.39, 0.29) is 53.6 Å². The van der Waals surface area contributed by atoms with Gasteiger partial charge in [-0.25, -0.2) is 14.3 Å². The molecule has 2 fully saturated rings. The maximum atomic E-state index is 13.7. The van der Waals surface area contributed by atoms with Crippen LogP contribution in [0.15, 0.2) is 42.5 Å². The fourth-order valence-corrected chi connectivity index (χ4v) is 5.11. The Kier molecular flexibility index (Phi) is 7.57. The maximum Gasteiger partial charge on any atom is 0.334 e. The minimum atomic E-state index is -0.804. The summed E-state index contributed by atoms with van der Waals surface area (Å²) in [5, 5.41) is 3.22. The molecule has 168 valence electrons. The largest absolute Gasteiger partial charge is 0.384 e. The van der Waals surface area contributed by atoms with Crippen LogP contribution < -0.4 is 16.8 Å². The number of anilines is 2. The number of primary amides is 1. The minimum Gasteiger partial charge on any atom is -0.384 e. The Morgan fingerprint density at radius 3 is 2.55 bits per heavy atom. The second-order valence-corrected chi connectivity index (χ2v) is 8.28. The number of benzene rings is 1. The lowest BCUT2D eigenvalue weighted by molar-refractivity contribution is -0.899. The van der Waals surface area contributed by atoms with Crippen molar-refractivity contribution < 1.29 is 14.1 Å². The molecule has 7 nitrogen and oxygen atoms in total. The van der Waals surface area contributed by atoms with Crippen LogP contribution in [0.3, 0.4) is 0 Å². The van der Waals surface area contributed by atoms with Gasteiger partial charge in [-0.05, 0) is 44.0 Å². The molecule has 31 heavy (non-hydrogen) atoms. The summed E-state index contributed by atoms with van der Waals surface area (Å²) in [5.74, 6) is 0.251. The molecular formula is C22H30Cl2N5O2+. The van der Waals surface area contributed by atoms with Gasteiger partial charge in [-0.3, -0.25) is 4.79 Å². The van der Waals surface area contributed by atoms with Gasteiger partial charge in [-0.15, -0.1) is 24.8 Å². The third-order valence-corrected chi connectivity index (χ3v) is 6.71. The van der Waals surface area contributed by atoms with Crippen LogP contribution in [-0.4, -0.2) is 39.9 Å². The molecule has 2 aromatic rings. The van der Waals surface area contributed by atoms with Crippen LogP contribution >= 0.6 is 24.8 Å². The number of aromatic nitrogens is 1. The van der Waals surface area contributed by atoms with Gasteiger partial charge in [-0.2, -0.15) is 0 Å². The molecule has 1 aliphatic heterocycles. The van der Waals surface area contributed by atoms with E-state index in [2.05, 4.69) is 10.3 Å². The number of aryl methyl sites for hydroxylation is 1. The standard InChI is InChI=1S/C22H27N5O2.2ClH/c1-15-16(9-10-19(23)26-15)14-27(11-5-6-17-12-22(17,27)21(24)29)20(28)13-25-18-7-3-2-4-8-18;;/h2-4,7-10,17,25H,5-6,11-14H2,1H3,(H3-,23,24,26,29);2*1H/p+1/t17-,22+,27?;;/m1../s1. The van der Waals surface area contributed by atoms with E-state index in [1.807, 2.05) is 43.3 Å². The van der Waals surface area contributed by atoms with Gasteiger partial charge in [0, 0.05) is 29.3 Å². The van der Waals surface area contributed by atoms with Crippen molar-refractivity contribution in [2.45, 2.75) is 38.3 Å². The first-order valence-corrected chi connectivity index (χ1v) is 10.1. The van der Waals surface area contributed by atoms with Gasteiger partial charge in [0.05, 0.1) is 6.54 Å². The SMILES string of the molecule is Cc1nc(N)ccc1C[N+]1(C(=O)CNc2ccccc2)CCC[C@@H]2C[C@@]21C(N)=O.Cl.Cl. The van der Waals surface area contributed by atoms with Crippen molar-refractivity contribution in [3.05, 3.63) is 53.7 Å². The van der Waals surface area contributed by atoms with Crippen molar-refractivity contribution in [2.24, 2.45) is 11.7 Å². The Balaban J connectivity index is 0.00000171. The van der Waals surface area contributed by atoms with E-state index in [9.17, 15) is 9.59 Å². The zero-order valence-corrected chi connectivity index (χ0v) is 19.2. The van der Waals surface area contributed by atoms with E-state index in [4.69, 9.17) is 11.5 Å². The minimum absolute atomic E-state index is 0. The number of fused-ring (bicyclic) bond motifs is 1. The second-order valence-electron chi connectivity index (χ2n) is 8.28. The molecule has 1 saturated heterocycles. The molecule has 3 atom stereocenters. The summed E-state index contributed by atoms with van der Waals surface area (Å²) >= 11 is 0. The molecule has 9 heteroatoms. The zero-order chi connectivity index (χ0) is 20.6. The Labute approximate surface area is 195 Å². The van der Waals surface area contributed by atoms with Crippen molar-refractivity contribution in [2.75, 3.05) is 24.1 Å². The number of hydrogen-bond acceptors (Lipinski definition) is 5. The molecule has 4 rings (SSSR count). The summed E-state index contributed by atoms with van der Waals surface area (Å²) in [5.41, 5.74) is 13.5. The fourth-order valence-electron chi connectivity index (χ4n) is 5.11. The molecule has 1 aromatic heterocycles. The van der Waals surface area contributed by atoms with Gasteiger partial charge in [0.2, 0.25) is 0 Å². The lowest BCUT2D eigenvalue weighted by Gasteiger charge is -2.45. The molecule has 0 bridgehead atoms. The lowest BCUT2D eigenvalue weighted by atomic mass is 9.95. The third kappa shape index (κ3) is 4.22. The normalized spacial score (nSPS) is 25.9. The number of quaternary nitrogens is 1. The molecule has 5 N–H and O–H groups in total. The van der Waals surface area contributed by atoms with E-state index in [1.165, 1.54) is 0 Å². The van der Waals surface area contributed by atoms with Crippen LogP contribution in [-0.2, 0) is 16.1 Å². The predicted molar refractivity (Wildman–Crippen MR) is 126 cm³/mol. The van der Waals surface area contributed by atoms with E-state index < -0.39 is 5.54 Å². The van der Waals surface area contributed by atoms with Gasteiger partial charge in [-0.1, -0.05) is 18.2 Å². The summed E-state index contributed by atoms with van der Waals surface area (Å²) in [4.78, 5) is 30.7. The zero-order valence-electron chi connectivity index (χ0n) is 17.5. The average Bonchev–Trinajstić information content (AvgIpc) is 3.46. The van der Waals surface area contributed by atoms with E-state index in [0.717, 1.165) is 29.8 Å². The highest BCUT2D eigenvalue weighted by Crippen LogP contribution is 2.59.